The van der Waals surface area contributed by atoms with E-state index in [0.717, 1.165) is 32.5 Å². The van der Waals surface area contributed by atoms with Gasteiger partial charge in [-0.25, -0.2) is 0 Å². The van der Waals surface area contributed by atoms with Gasteiger partial charge in [-0.2, -0.15) is 0 Å². The average molecular weight is 324 g/mol. The Labute approximate surface area is 133 Å². The zero-order valence-electron chi connectivity index (χ0n) is 12.0. The first kappa shape index (κ1) is 21.5. The largest absolute Gasteiger partial charge is 1.00 e. The zero-order valence-corrected chi connectivity index (χ0v) is 13.5. The molecule has 0 atom stereocenters. The lowest BCUT2D eigenvalue weighted by atomic mass is 10.3. The summed E-state index contributed by atoms with van der Waals surface area (Å²) in [4.78, 5) is 13.7. The number of carbonyl (C=O) groups is 1. The van der Waals surface area contributed by atoms with Crippen LogP contribution in [0.2, 0.25) is 0 Å². The molecule has 0 spiro atoms. The van der Waals surface area contributed by atoms with E-state index >= 15 is 0 Å². The fourth-order valence-electron chi connectivity index (χ4n) is 1.56. The molecule has 5 nitrogen and oxygen atoms in total. The van der Waals surface area contributed by atoms with Gasteiger partial charge in [0.05, 0.1) is 6.26 Å². The van der Waals surface area contributed by atoms with Gasteiger partial charge >= 0.3 is 0 Å². The Hall–Kier alpha value is -0.750. The minimum atomic E-state index is -0.146. The van der Waals surface area contributed by atoms with E-state index in [1.165, 1.54) is 6.26 Å². The average Bonchev–Trinajstić information content (AvgIpc) is 2.85. The Balaban J connectivity index is 0. The highest BCUT2D eigenvalue weighted by molar-refractivity contribution is 5.91. The molecule has 0 aliphatic rings. The van der Waals surface area contributed by atoms with Crippen molar-refractivity contribution in [2.24, 2.45) is 0 Å². The second-order valence-electron chi connectivity index (χ2n) is 4.49. The topological polar surface area (TPSA) is 57.5 Å². The van der Waals surface area contributed by atoms with Crippen LogP contribution in [0, 0.1) is 0 Å². The highest BCUT2D eigenvalue weighted by Crippen LogP contribution is 1.98. The number of amides is 1. The van der Waals surface area contributed by atoms with Crippen LogP contribution in [0.5, 0.6) is 0 Å². The third kappa shape index (κ3) is 10.1. The van der Waals surface area contributed by atoms with Gasteiger partial charge in [-0.05, 0) is 58.7 Å². The highest BCUT2D eigenvalue weighted by Gasteiger charge is 2.06. The molecule has 0 saturated carbocycles. The molecule has 1 amide bonds. The molecule has 2 N–H and O–H groups in total. The van der Waals surface area contributed by atoms with Gasteiger partial charge < -0.3 is 44.8 Å². The van der Waals surface area contributed by atoms with Crippen molar-refractivity contribution in [3.05, 3.63) is 24.2 Å². The summed E-state index contributed by atoms with van der Waals surface area (Å²) in [5, 5.41) is 6.16. The summed E-state index contributed by atoms with van der Waals surface area (Å²) in [6.45, 7) is 3.71. The van der Waals surface area contributed by atoms with Crippen molar-refractivity contribution in [2.75, 3.05) is 40.3 Å². The molecule has 1 heterocycles. The first-order chi connectivity index (χ1) is 8.70. The SMILES string of the molecule is CN(C)CCCNCCCNC(=O)c1ccco1.[Cl-].[Cl-]. The summed E-state index contributed by atoms with van der Waals surface area (Å²) in [5.41, 5.74) is 0. The molecule has 0 fully saturated rings. The normalized spacial score (nSPS) is 9.75. The second-order valence-corrected chi connectivity index (χ2v) is 4.49. The van der Waals surface area contributed by atoms with Gasteiger partial charge in [0.2, 0.25) is 0 Å². The lowest BCUT2D eigenvalue weighted by Gasteiger charge is -2.09. The van der Waals surface area contributed by atoms with Crippen molar-refractivity contribution in [3.63, 3.8) is 0 Å². The van der Waals surface area contributed by atoms with E-state index in [1.807, 2.05) is 0 Å². The van der Waals surface area contributed by atoms with Crippen LogP contribution in [0.4, 0.5) is 0 Å². The van der Waals surface area contributed by atoms with Crippen molar-refractivity contribution in [1.29, 1.82) is 0 Å². The van der Waals surface area contributed by atoms with Gasteiger partial charge in [-0.1, -0.05) is 0 Å². The van der Waals surface area contributed by atoms with Gasteiger partial charge in [0.1, 0.15) is 0 Å². The maximum absolute atomic E-state index is 11.5. The van der Waals surface area contributed by atoms with E-state index in [2.05, 4.69) is 29.6 Å². The molecule has 0 bridgehead atoms. The van der Waals surface area contributed by atoms with Crippen LogP contribution >= 0.6 is 0 Å². The fraction of sp³-hybridized carbons (Fsp3) is 0.615. The molecule has 0 unspecified atom stereocenters. The molecule has 20 heavy (non-hydrogen) atoms. The number of nitrogens with zero attached hydrogens (tertiary/aromatic N) is 1. The fourth-order valence-corrected chi connectivity index (χ4v) is 1.56. The van der Waals surface area contributed by atoms with Crippen LogP contribution in [0.15, 0.2) is 22.8 Å². The van der Waals surface area contributed by atoms with E-state index in [4.69, 9.17) is 4.42 Å². The minimum Gasteiger partial charge on any atom is -1.00 e. The first-order valence-corrected chi connectivity index (χ1v) is 6.37. The highest BCUT2D eigenvalue weighted by atomic mass is 35.5. The lowest BCUT2D eigenvalue weighted by Crippen LogP contribution is -3.00. The molecule has 0 aromatic carbocycles. The van der Waals surface area contributed by atoms with Crippen LogP contribution in [-0.4, -0.2) is 51.1 Å². The summed E-state index contributed by atoms with van der Waals surface area (Å²) in [7, 11) is 4.15. The number of hydrogen-bond acceptors (Lipinski definition) is 4. The number of furan rings is 1. The predicted octanol–water partition coefficient (Wildman–Crippen LogP) is -5.05. The van der Waals surface area contributed by atoms with Gasteiger partial charge in [0.25, 0.3) is 5.91 Å². The minimum absolute atomic E-state index is 0. The Kier molecular flexibility index (Phi) is 14.3. The van der Waals surface area contributed by atoms with Gasteiger partial charge in [-0.3, -0.25) is 4.79 Å². The predicted molar refractivity (Wildman–Crippen MR) is 71.7 cm³/mol. The Bertz CT molecular complexity index is 332. The zero-order chi connectivity index (χ0) is 13.2. The van der Waals surface area contributed by atoms with Gasteiger partial charge in [0, 0.05) is 6.54 Å². The second kappa shape index (κ2) is 13.2. The standard InChI is InChI=1S/C13H23N3O2.2ClH/c1-16(2)10-5-8-14-7-4-9-15-13(17)12-6-3-11-18-12;;/h3,6,11,14H,4-5,7-10H2,1-2H3,(H,15,17);2*1H/p-2. The number of hydrogen-bond donors (Lipinski definition) is 2. The third-order valence-corrected chi connectivity index (χ3v) is 2.52. The van der Waals surface area contributed by atoms with Crippen molar-refractivity contribution in [3.8, 4) is 0 Å². The van der Waals surface area contributed by atoms with Crippen molar-refractivity contribution >= 4 is 5.91 Å². The molecule has 1 rings (SSSR count). The van der Waals surface area contributed by atoms with Crippen LogP contribution in [0.25, 0.3) is 0 Å². The summed E-state index contributed by atoms with van der Waals surface area (Å²) in [6.07, 6.45) is 3.57. The van der Waals surface area contributed by atoms with Crippen molar-refractivity contribution in [2.45, 2.75) is 12.8 Å². The Morgan fingerprint density at radius 3 is 2.50 bits per heavy atom. The van der Waals surface area contributed by atoms with Gasteiger partial charge in [-0.15, -0.1) is 0 Å². The molecular weight excluding hydrogens is 301 g/mol. The molecule has 0 aliphatic carbocycles. The van der Waals surface area contributed by atoms with Crippen LogP contribution in [0.3, 0.4) is 0 Å². The number of carbonyl (C=O) groups excluding carboxylic acids is 1. The summed E-state index contributed by atoms with van der Waals surface area (Å²) in [6, 6.07) is 3.37. The number of rotatable bonds is 9. The van der Waals surface area contributed by atoms with Crippen LogP contribution < -0.4 is 35.4 Å². The van der Waals surface area contributed by atoms with E-state index in [9.17, 15) is 4.79 Å². The smallest absolute Gasteiger partial charge is 0.286 e. The van der Waals surface area contributed by atoms with Crippen LogP contribution in [0.1, 0.15) is 23.4 Å². The van der Waals surface area contributed by atoms with Crippen molar-refractivity contribution < 1.29 is 34.0 Å². The third-order valence-electron chi connectivity index (χ3n) is 2.52. The molecule has 0 radical (unpaired) electrons. The quantitative estimate of drug-likeness (QED) is 0.447. The Morgan fingerprint density at radius 2 is 1.90 bits per heavy atom. The van der Waals surface area contributed by atoms with Gasteiger partial charge in [0.15, 0.2) is 5.76 Å². The number of halogens is 2. The molecule has 0 aliphatic heterocycles. The maximum atomic E-state index is 11.5. The summed E-state index contributed by atoms with van der Waals surface area (Å²) >= 11 is 0. The van der Waals surface area contributed by atoms with Crippen LogP contribution in [-0.2, 0) is 0 Å². The van der Waals surface area contributed by atoms with Crippen molar-refractivity contribution in [1.82, 2.24) is 15.5 Å². The molecule has 0 saturated heterocycles. The maximum Gasteiger partial charge on any atom is 0.286 e. The molecular formula is C13H23Cl2N3O2-2. The molecule has 118 valence electrons. The van der Waals surface area contributed by atoms with E-state index in [-0.39, 0.29) is 30.7 Å². The monoisotopic (exact) mass is 323 g/mol. The molecule has 7 heteroatoms. The Morgan fingerprint density at radius 1 is 1.20 bits per heavy atom. The molecule has 1 aromatic rings. The molecule has 1 aromatic heterocycles. The van der Waals surface area contributed by atoms with E-state index in [1.54, 1.807) is 12.1 Å². The summed E-state index contributed by atoms with van der Waals surface area (Å²) in [5.74, 6) is 0.224. The van der Waals surface area contributed by atoms with E-state index in [0.29, 0.717) is 12.3 Å². The summed E-state index contributed by atoms with van der Waals surface area (Å²) < 4.78 is 5.00. The lowest BCUT2D eigenvalue weighted by molar-refractivity contribution is -0.001000. The number of nitrogens with one attached hydrogen (secondary N) is 2. The first-order valence-electron chi connectivity index (χ1n) is 6.37. The van der Waals surface area contributed by atoms with E-state index < -0.39 is 0 Å².